The van der Waals surface area contributed by atoms with E-state index in [4.69, 9.17) is 0 Å². The lowest BCUT2D eigenvalue weighted by Crippen LogP contribution is -2.42. The van der Waals surface area contributed by atoms with E-state index in [9.17, 15) is 0 Å². The molecule has 1 atom stereocenters. The predicted molar refractivity (Wildman–Crippen MR) is 76.3 cm³/mol. The van der Waals surface area contributed by atoms with Gasteiger partial charge in [-0.05, 0) is 45.3 Å². The topological polar surface area (TPSA) is 15.3 Å². The zero-order valence-electron chi connectivity index (χ0n) is 11.7. The molecule has 1 aliphatic rings. The van der Waals surface area contributed by atoms with Crippen LogP contribution in [0.1, 0.15) is 33.1 Å². The van der Waals surface area contributed by atoms with Crippen LogP contribution in [-0.4, -0.2) is 37.6 Å². The lowest BCUT2D eigenvalue weighted by atomic mass is 10.0. The maximum Gasteiger partial charge on any atom is 0.00884 e. The maximum atomic E-state index is 3.38. The molecule has 0 aromatic rings. The van der Waals surface area contributed by atoms with E-state index in [1.165, 1.54) is 32.5 Å². The summed E-state index contributed by atoms with van der Waals surface area (Å²) in [7, 11) is 2.08. The lowest BCUT2D eigenvalue weighted by Gasteiger charge is -2.32. The Morgan fingerprint density at radius 1 is 1.29 bits per heavy atom. The van der Waals surface area contributed by atoms with Crippen LogP contribution in [0.4, 0.5) is 0 Å². The summed E-state index contributed by atoms with van der Waals surface area (Å²) in [6.45, 7) is 8.16. The standard InChI is InChI=1S/C15H28N2/c1-4-5-6-7-8-14(2)13-17-11-9-15(16-3)10-12-17/h5-8,14-16H,4,9-13H2,1-3H3/b6-5?,8-7-. The van der Waals surface area contributed by atoms with Gasteiger partial charge in [0.1, 0.15) is 0 Å². The summed E-state index contributed by atoms with van der Waals surface area (Å²) in [5.41, 5.74) is 0. The van der Waals surface area contributed by atoms with Crippen LogP contribution in [0, 0.1) is 5.92 Å². The molecule has 0 spiro atoms. The number of nitrogens with zero attached hydrogens (tertiary/aromatic N) is 1. The molecule has 1 unspecified atom stereocenters. The SMILES string of the molecule is CCC=C/C=C\C(C)CN1CCC(NC)CC1. The highest BCUT2D eigenvalue weighted by molar-refractivity contribution is 5.03. The molecule has 0 amide bonds. The molecule has 2 heteroatoms. The molecule has 1 heterocycles. The summed E-state index contributed by atoms with van der Waals surface area (Å²) in [4.78, 5) is 2.59. The van der Waals surface area contributed by atoms with Gasteiger partial charge in [-0.1, -0.05) is 38.2 Å². The van der Waals surface area contributed by atoms with Gasteiger partial charge in [-0.15, -0.1) is 0 Å². The third-order valence-corrected chi connectivity index (χ3v) is 3.46. The van der Waals surface area contributed by atoms with Gasteiger partial charge in [-0.3, -0.25) is 0 Å². The first-order valence-corrected chi connectivity index (χ1v) is 6.99. The molecule has 0 aliphatic carbocycles. The monoisotopic (exact) mass is 236 g/mol. The van der Waals surface area contributed by atoms with Crippen molar-refractivity contribution >= 4 is 0 Å². The fraction of sp³-hybridized carbons (Fsp3) is 0.733. The van der Waals surface area contributed by atoms with E-state index in [2.05, 4.69) is 55.4 Å². The largest absolute Gasteiger partial charge is 0.317 e. The van der Waals surface area contributed by atoms with Gasteiger partial charge in [0.25, 0.3) is 0 Å². The van der Waals surface area contributed by atoms with E-state index in [0.29, 0.717) is 5.92 Å². The summed E-state index contributed by atoms with van der Waals surface area (Å²) in [6, 6.07) is 0.740. The Kier molecular flexibility index (Phi) is 7.22. The minimum Gasteiger partial charge on any atom is -0.317 e. The Hall–Kier alpha value is -0.600. The second-order valence-corrected chi connectivity index (χ2v) is 5.06. The van der Waals surface area contributed by atoms with Crippen molar-refractivity contribution in [2.24, 2.45) is 5.92 Å². The first-order chi connectivity index (χ1) is 8.26. The first-order valence-electron chi connectivity index (χ1n) is 6.99. The molecule has 1 saturated heterocycles. The smallest absolute Gasteiger partial charge is 0.00884 e. The van der Waals surface area contributed by atoms with Crippen molar-refractivity contribution in [1.82, 2.24) is 10.2 Å². The molecular weight excluding hydrogens is 208 g/mol. The molecule has 0 aromatic heterocycles. The number of nitrogens with one attached hydrogen (secondary N) is 1. The fourth-order valence-corrected chi connectivity index (χ4v) is 2.34. The van der Waals surface area contributed by atoms with E-state index in [-0.39, 0.29) is 0 Å². The van der Waals surface area contributed by atoms with E-state index in [1.54, 1.807) is 0 Å². The fourth-order valence-electron chi connectivity index (χ4n) is 2.34. The zero-order chi connectivity index (χ0) is 12.5. The van der Waals surface area contributed by atoms with Crippen molar-refractivity contribution in [3.63, 3.8) is 0 Å². The predicted octanol–water partition coefficient (Wildman–Crippen LogP) is 2.83. The van der Waals surface area contributed by atoms with E-state index in [1.807, 2.05) is 0 Å². The van der Waals surface area contributed by atoms with Crippen LogP contribution in [0.15, 0.2) is 24.3 Å². The van der Waals surface area contributed by atoms with E-state index in [0.717, 1.165) is 12.5 Å². The van der Waals surface area contributed by atoms with Crippen LogP contribution in [0.3, 0.4) is 0 Å². The molecule has 98 valence electrons. The van der Waals surface area contributed by atoms with Crippen LogP contribution in [0.5, 0.6) is 0 Å². The van der Waals surface area contributed by atoms with E-state index < -0.39 is 0 Å². The Morgan fingerprint density at radius 2 is 2.00 bits per heavy atom. The van der Waals surface area contributed by atoms with Crippen molar-refractivity contribution < 1.29 is 0 Å². The average molecular weight is 236 g/mol. The van der Waals surface area contributed by atoms with Crippen molar-refractivity contribution in [3.8, 4) is 0 Å². The molecule has 1 N–H and O–H groups in total. The third-order valence-electron chi connectivity index (χ3n) is 3.46. The summed E-state index contributed by atoms with van der Waals surface area (Å²) < 4.78 is 0. The van der Waals surface area contributed by atoms with Gasteiger partial charge in [0.2, 0.25) is 0 Å². The normalized spacial score (nSPS) is 21.6. The van der Waals surface area contributed by atoms with Crippen LogP contribution in [0.2, 0.25) is 0 Å². The highest BCUT2D eigenvalue weighted by Crippen LogP contribution is 2.12. The van der Waals surface area contributed by atoms with Gasteiger partial charge in [0.05, 0.1) is 0 Å². The van der Waals surface area contributed by atoms with Crippen molar-refractivity contribution in [2.45, 2.75) is 39.2 Å². The van der Waals surface area contributed by atoms with Crippen molar-refractivity contribution in [2.75, 3.05) is 26.7 Å². The lowest BCUT2D eigenvalue weighted by molar-refractivity contribution is 0.189. The molecule has 1 aliphatic heterocycles. The molecule has 0 radical (unpaired) electrons. The van der Waals surface area contributed by atoms with Gasteiger partial charge >= 0.3 is 0 Å². The van der Waals surface area contributed by atoms with Crippen LogP contribution < -0.4 is 5.32 Å². The van der Waals surface area contributed by atoms with Gasteiger partial charge in [-0.2, -0.15) is 0 Å². The molecule has 1 rings (SSSR count). The highest BCUT2D eigenvalue weighted by Gasteiger charge is 2.18. The van der Waals surface area contributed by atoms with Crippen LogP contribution in [-0.2, 0) is 0 Å². The van der Waals surface area contributed by atoms with Crippen molar-refractivity contribution in [3.05, 3.63) is 24.3 Å². The summed E-state index contributed by atoms with van der Waals surface area (Å²) >= 11 is 0. The average Bonchev–Trinajstić information content (AvgIpc) is 2.36. The van der Waals surface area contributed by atoms with Gasteiger partial charge < -0.3 is 10.2 Å². The number of piperidine rings is 1. The Morgan fingerprint density at radius 3 is 2.59 bits per heavy atom. The molecule has 0 aromatic carbocycles. The summed E-state index contributed by atoms with van der Waals surface area (Å²) in [6.07, 6.45) is 12.6. The molecule has 2 nitrogen and oxygen atoms in total. The van der Waals surface area contributed by atoms with Crippen molar-refractivity contribution in [1.29, 1.82) is 0 Å². The number of likely N-dealkylation sites (tertiary alicyclic amines) is 1. The van der Waals surface area contributed by atoms with Crippen LogP contribution in [0.25, 0.3) is 0 Å². The van der Waals surface area contributed by atoms with E-state index >= 15 is 0 Å². The molecule has 17 heavy (non-hydrogen) atoms. The summed E-state index contributed by atoms with van der Waals surface area (Å²) in [5.74, 6) is 0.655. The zero-order valence-corrected chi connectivity index (χ0v) is 11.7. The third kappa shape index (κ3) is 6.04. The Bertz CT molecular complexity index is 237. The second kappa shape index (κ2) is 8.48. The molecule has 0 bridgehead atoms. The Balaban J connectivity index is 2.21. The molecule has 1 fully saturated rings. The van der Waals surface area contributed by atoms with Gasteiger partial charge in [-0.25, -0.2) is 0 Å². The van der Waals surface area contributed by atoms with Gasteiger partial charge in [0, 0.05) is 12.6 Å². The highest BCUT2D eigenvalue weighted by atomic mass is 15.1. The van der Waals surface area contributed by atoms with Crippen LogP contribution >= 0.6 is 0 Å². The molecular formula is C15H28N2. The Labute approximate surface area is 107 Å². The number of rotatable bonds is 6. The van der Waals surface area contributed by atoms with Gasteiger partial charge in [0.15, 0.2) is 0 Å². The first kappa shape index (κ1) is 14.5. The molecule has 0 saturated carbocycles. The number of hydrogen-bond donors (Lipinski definition) is 1. The summed E-state index contributed by atoms with van der Waals surface area (Å²) in [5, 5.41) is 3.38. The maximum absolute atomic E-state index is 3.38. The quantitative estimate of drug-likeness (QED) is 0.713. The second-order valence-electron chi connectivity index (χ2n) is 5.06. The number of hydrogen-bond acceptors (Lipinski definition) is 2. The minimum atomic E-state index is 0.655. The number of allylic oxidation sites excluding steroid dienone is 3. The minimum absolute atomic E-state index is 0.655.